The van der Waals surface area contributed by atoms with Crippen molar-refractivity contribution in [1.29, 1.82) is 0 Å². The number of alkyl halides is 3. The molecule has 2 aromatic rings. The molecule has 0 saturated carbocycles. The molecule has 1 amide bonds. The molecule has 1 heterocycles. The second-order valence-electron chi connectivity index (χ2n) is 4.34. The molecule has 0 unspecified atom stereocenters. The minimum Gasteiger partial charge on any atom is -0.345 e. The number of hydrogen-bond acceptors (Lipinski definition) is 3. The third-order valence-electron chi connectivity index (χ3n) is 2.78. The monoisotopic (exact) mass is 298 g/mol. The van der Waals surface area contributed by atoms with Crippen LogP contribution in [0.25, 0.3) is 0 Å². The Bertz CT molecular complexity index is 636. The Morgan fingerprint density at radius 2 is 2.14 bits per heavy atom. The molecule has 0 spiro atoms. The first-order valence-electron chi connectivity index (χ1n) is 6.25. The van der Waals surface area contributed by atoms with E-state index in [0.717, 1.165) is 12.1 Å². The highest BCUT2D eigenvalue weighted by atomic mass is 19.4. The predicted molar refractivity (Wildman–Crippen MR) is 68.4 cm³/mol. The summed E-state index contributed by atoms with van der Waals surface area (Å²) < 4.78 is 37.7. The Labute approximate surface area is 118 Å². The van der Waals surface area contributed by atoms with Crippen LogP contribution in [0.4, 0.5) is 13.2 Å². The van der Waals surface area contributed by atoms with Crippen LogP contribution in [0.2, 0.25) is 0 Å². The number of aryl methyl sites for hydroxylation is 1. The lowest BCUT2D eigenvalue weighted by atomic mass is 10.1. The second-order valence-corrected chi connectivity index (χ2v) is 4.34. The van der Waals surface area contributed by atoms with Crippen molar-refractivity contribution in [3.63, 3.8) is 0 Å². The number of rotatable bonds is 4. The number of nitrogens with one attached hydrogen (secondary N) is 2. The van der Waals surface area contributed by atoms with Gasteiger partial charge in [0, 0.05) is 13.0 Å². The number of benzene rings is 1. The van der Waals surface area contributed by atoms with Gasteiger partial charge in [-0.25, -0.2) is 4.98 Å². The van der Waals surface area contributed by atoms with Crippen LogP contribution in [0.3, 0.4) is 0 Å². The number of aromatic amines is 1. The molecule has 5 nitrogen and oxygen atoms in total. The number of carbonyl (C=O) groups is 1. The first kappa shape index (κ1) is 15.0. The topological polar surface area (TPSA) is 70.7 Å². The van der Waals surface area contributed by atoms with Crippen LogP contribution < -0.4 is 5.32 Å². The molecule has 21 heavy (non-hydrogen) atoms. The molecule has 0 atom stereocenters. The zero-order chi connectivity index (χ0) is 15.5. The highest BCUT2D eigenvalue weighted by Gasteiger charge is 2.30. The largest absolute Gasteiger partial charge is 0.416 e. The smallest absolute Gasteiger partial charge is 0.345 e. The highest BCUT2D eigenvalue weighted by Crippen LogP contribution is 2.29. The Morgan fingerprint density at radius 3 is 2.76 bits per heavy atom. The van der Waals surface area contributed by atoms with E-state index in [0.29, 0.717) is 17.8 Å². The molecule has 0 radical (unpaired) electrons. The van der Waals surface area contributed by atoms with Crippen molar-refractivity contribution < 1.29 is 18.0 Å². The summed E-state index contributed by atoms with van der Waals surface area (Å²) in [5.74, 6) is 0.00130. The van der Waals surface area contributed by atoms with Gasteiger partial charge < -0.3 is 5.32 Å². The van der Waals surface area contributed by atoms with E-state index >= 15 is 0 Å². The first-order chi connectivity index (χ1) is 9.90. The average molecular weight is 298 g/mol. The Balaban J connectivity index is 2.01. The highest BCUT2D eigenvalue weighted by molar-refractivity contribution is 5.90. The van der Waals surface area contributed by atoms with Crippen LogP contribution in [-0.2, 0) is 19.1 Å². The number of aromatic nitrogens is 3. The number of halogens is 3. The SMILES string of the molecule is CCc1nc(C(=O)NCc2cccc(C(F)(F)F)c2)n[nH]1. The summed E-state index contributed by atoms with van der Waals surface area (Å²) in [6.45, 7) is 1.82. The van der Waals surface area contributed by atoms with Gasteiger partial charge in [0.25, 0.3) is 5.91 Å². The van der Waals surface area contributed by atoms with Gasteiger partial charge in [0.05, 0.1) is 5.56 Å². The van der Waals surface area contributed by atoms with E-state index in [1.807, 2.05) is 6.92 Å². The van der Waals surface area contributed by atoms with Gasteiger partial charge in [-0.3, -0.25) is 9.89 Å². The van der Waals surface area contributed by atoms with E-state index in [-0.39, 0.29) is 12.4 Å². The number of H-pyrrole nitrogens is 1. The van der Waals surface area contributed by atoms with Crippen LogP contribution >= 0.6 is 0 Å². The molecule has 1 aromatic heterocycles. The quantitative estimate of drug-likeness (QED) is 0.910. The standard InChI is InChI=1S/C13H13F3N4O/c1-2-10-18-11(20-19-10)12(21)17-7-8-4-3-5-9(6-8)13(14,15)16/h3-6H,2,7H2,1H3,(H,17,21)(H,18,19,20). The molecule has 112 valence electrons. The van der Waals surface area contributed by atoms with Crippen molar-refractivity contribution in [2.75, 3.05) is 0 Å². The maximum absolute atomic E-state index is 12.6. The van der Waals surface area contributed by atoms with E-state index in [2.05, 4.69) is 20.5 Å². The molecule has 0 aliphatic rings. The Morgan fingerprint density at radius 1 is 1.38 bits per heavy atom. The summed E-state index contributed by atoms with van der Waals surface area (Å²) in [6.07, 6.45) is -3.80. The fraction of sp³-hybridized carbons (Fsp3) is 0.308. The number of hydrogen-bond donors (Lipinski definition) is 2. The van der Waals surface area contributed by atoms with Crippen molar-refractivity contribution in [3.8, 4) is 0 Å². The van der Waals surface area contributed by atoms with Gasteiger partial charge in [0.1, 0.15) is 5.82 Å². The van der Waals surface area contributed by atoms with Crippen molar-refractivity contribution in [1.82, 2.24) is 20.5 Å². The van der Waals surface area contributed by atoms with Crippen LogP contribution in [0.5, 0.6) is 0 Å². The molecule has 0 saturated heterocycles. The zero-order valence-corrected chi connectivity index (χ0v) is 11.2. The van der Waals surface area contributed by atoms with Crippen LogP contribution in [-0.4, -0.2) is 21.1 Å². The van der Waals surface area contributed by atoms with E-state index in [1.165, 1.54) is 12.1 Å². The van der Waals surface area contributed by atoms with Gasteiger partial charge in [-0.05, 0) is 17.7 Å². The zero-order valence-electron chi connectivity index (χ0n) is 11.2. The fourth-order valence-corrected chi connectivity index (χ4v) is 1.67. The lowest BCUT2D eigenvalue weighted by Gasteiger charge is -2.09. The van der Waals surface area contributed by atoms with Gasteiger partial charge >= 0.3 is 6.18 Å². The number of carbonyl (C=O) groups excluding carboxylic acids is 1. The summed E-state index contributed by atoms with van der Waals surface area (Å²) in [5, 5.41) is 8.80. The molecule has 0 aliphatic heterocycles. The molecule has 0 aliphatic carbocycles. The van der Waals surface area contributed by atoms with Gasteiger partial charge in [-0.15, -0.1) is 5.10 Å². The molecule has 0 bridgehead atoms. The summed E-state index contributed by atoms with van der Waals surface area (Å²) in [5.41, 5.74) is -0.398. The van der Waals surface area contributed by atoms with Crippen molar-refractivity contribution >= 4 is 5.91 Å². The minimum atomic E-state index is -4.40. The van der Waals surface area contributed by atoms with Gasteiger partial charge in [-0.2, -0.15) is 13.2 Å². The van der Waals surface area contributed by atoms with Crippen LogP contribution in [0.15, 0.2) is 24.3 Å². The third-order valence-corrected chi connectivity index (χ3v) is 2.78. The Hall–Kier alpha value is -2.38. The summed E-state index contributed by atoms with van der Waals surface area (Å²) in [7, 11) is 0. The van der Waals surface area contributed by atoms with Crippen molar-refractivity contribution in [3.05, 3.63) is 47.0 Å². The minimum absolute atomic E-state index is 0.0289. The molecule has 0 fully saturated rings. The number of nitrogens with zero attached hydrogens (tertiary/aromatic N) is 2. The Kier molecular flexibility index (Phi) is 4.25. The fourth-order valence-electron chi connectivity index (χ4n) is 1.67. The average Bonchev–Trinajstić information content (AvgIpc) is 2.93. The van der Waals surface area contributed by atoms with Crippen molar-refractivity contribution in [2.24, 2.45) is 0 Å². The normalized spacial score (nSPS) is 11.4. The second kappa shape index (κ2) is 5.94. The molecule has 8 heteroatoms. The number of amides is 1. The summed E-state index contributed by atoms with van der Waals surface area (Å²) >= 11 is 0. The third kappa shape index (κ3) is 3.80. The van der Waals surface area contributed by atoms with E-state index in [9.17, 15) is 18.0 Å². The molecule has 2 rings (SSSR count). The maximum atomic E-state index is 12.6. The van der Waals surface area contributed by atoms with E-state index < -0.39 is 17.6 Å². The summed E-state index contributed by atoms with van der Waals surface area (Å²) in [4.78, 5) is 15.7. The van der Waals surface area contributed by atoms with Crippen LogP contribution in [0, 0.1) is 0 Å². The molecular weight excluding hydrogens is 285 g/mol. The summed E-state index contributed by atoms with van der Waals surface area (Å²) in [6, 6.07) is 4.78. The van der Waals surface area contributed by atoms with Crippen LogP contribution in [0.1, 0.15) is 34.5 Å². The van der Waals surface area contributed by atoms with Gasteiger partial charge in [-0.1, -0.05) is 19.1 Å². The molecular formula is C13H13F3N4O. The lowest BCUT2D eigenvalue weighted by Crippen LogP contribution is -2.24. The van der Waals surface area contributed by atoms with Gasteiger partial charge in [0.15, 0.2) is 0 Å². The molecule has 2 N–H and O–H groups in total. The van der Waals surface area contributed by atoms with Crippen molar-refractivity contribution in [2.45, 2.75) is 26.1 Å². The molecule has 1 aromatic carbocycles. The lowest BCUT2D eigenvalue weighted by molar-refractivity contribution is -0.137. The van der Waals surface area contributed by atoms with E-state index in [1.54, 1.807) is 0 Å². The predicted octanol–water partition coefficient (Wildman–Crippen LogP) is 2.32. The van der Waals surface area contributed by atoms with Gasteiger partial charge in [0.2, 0.25) is 5.82 Å². The maximum Gasteiger partial charge on any atom is 0.416 e. The first-order valence-corrected chi connectivity index (χ1v) is 6.25. The van der Waals surface area contributed by atoms with E-state index in [4.69, 9.17) is 0 Å².